The van der Waals surface area contributed by atoms with Gasteiger partial charge in [0.2, 0.25) is 0 Å². The first-order chi connectivity index (χ1) is 6.19. The van der Waals surface area contributed by atoms with Crippen LogP contribution in [0.1, 0.15) is 0 Å². The summed E-state index contributed by atoms with van der Waals surface area (Å²) in [6, 6.07) is 0. The Hall–Kier alpha value is -0.470. The van der Waals surface area contributed by atoms with Gasteiger partial charge in [0.15, 0.2) is 6.10 Å². The maximum atomic E-state index is 12.2. The van der Waals surface area contributed by atoms with Crippen LogP contribution in [0.15, 0.2) is 0 Å². The van der Waals surface area contributed by atoms with E-state index >= 15 is 0 Å². The van der Waals surface area contributed by atoms with E-state index in [-0.39, 0.29) is 0 Å². The highest BCUT2D eigenvalue weighted by Crippen LogP contribution is 2.19. The molecule has 8 heteroatoms. The summed E-state index contributed by atoms with van der Waals surface area (Å²) in [5.74, 6) is -3.48. The zero-order valence-corrected chi connectivity index (χ0v) is 6.98. The van der Waals surface area contributed by atoms with Crippen molar-refractivity contribution in [2.75, 3.05) is 19.7 Å². The van der Waals surface area contributed by atoms with Crippen LogP contribution in [0.25, 0.3) is 0 Å². The molecule has 0 saturated heterocycles. The fraction of sp³-hybridized carbons (Fsp3) is 1.00. The largest absolute Gasteiger partial charge is 0.415 e. The third-order valence-electron chi connectivity index (χ3n) is 1.33. The minimum atomic E-state index is -4.83. The molecular formula is C6H10F5NO2. The summed E-state index contributed by atoms with van der Waals surface area (Å²) in [4.78, 5) is 0. The highest BCUT2D eigenvalue weighted by molar-refractivity contribution is 4.72. The second-order valence-corrected chi connectivity index (χ2v) is 2.70. The molecule has 0 aromatic carbocycles. The third-order valence-corrected chi connectivity index (χ3v) is 1.33. The first-order valence-corrected chi connectivity index (χ1v) is 3.63. The van der Waals surface area contributed by atoms with Gasteiger partial charge in [0.1, 0.15) is 6.61 Å². The van der Waals surface area contributed by atoms with Crippen LogP contribution >= 0.6 is 0 Å². The molecular weight excluding hydrogens is 213 g/mol. The Labute approximate surface area is 76.5 Å². The van der Waals surface area contributed by atoms with E-state index in [1.165, 1.54) is 0 Å². The van der Waals surface area contributed by atoms with Gasteiger partial charge >= 0.3 is 6.18 Å². The Kier molecular flexibility index (Phi) is 4.69. The van der Waals surface area contributed by atoms with E-state index in [0.717, 1.165) is 0 Å². The van der Waals surface area contributed by atoms with Crippen molar-refractivity contribution >= 4 is 0 Å². The number of hydrogen-bond donors (Lipinski definition) is 3. The molecule has 0 bridgehead atoms. The average Bonchev–Trinajstić information content (AvgIpc) is 2.02. The summed E-state index contributed by atoms with van der Waals surface area (Å²) in [6.45, 7) is -3.60. The lowest BCUT2D eigenvalue weighted by atomic mass is 10.3. The Morgan fingerprint density at radius 2 is 1.64 bits per heavy atom. The number of aliphatic hydroxyl groups excluding tert-OH is 2. The van der Waals surface area contributed by atoms with Crippen molar-refractivity contribution in [3.63, 3.8) is 0 Å². The topological polar surface area (TPSA) is 52.5 Å². The van der Waals surface area contributed by atoms with Crippen LogP contribution in [0.3, 0.4) is 0 Å². The Balaban J connectivity index is 3.75. The zero-order valence-electron chi connectivity index (χ0n) is 6.98. The molecule has 3 nitrogen and oxygen atoms in total. The van der Waals surface area contributed by atoms with Crippen molar-refractivity contribution < 1.29 is 32.2 Å². The second-order valence-electron chi connectivity index (χ2n) is 2.70. The molecule has 0 saturated carbocycles. The molecule has 0 heterocycles. The van der Waals surface area contributed by atoms with E-state index in [1.807, 2.05) is 0 Å². The standard InChI is InChI=1S/C6H10F5NO2/c7-5(8,3-13)2-12-1-4(14)6(9,10)11/h4,12-14H,1-3H2. The Morgan fingerprint density at radius 3 is 2.00 bits per heavy atom. The number of halogens is 5. The molecule has 0 aliphatic rings. The first kappa shape index (κ1) is 13.5. The number of aliphatic hydroxyl groups is 2. The van der Waals surface area contributed by atoms with Crippen LogP contribution in [-0.4, -0.2) is 48.1 Å². The van der Waals surface area contributed by atoms with Gasteiger partial charge in [-0.2, -0.15) is 13.2 Å². The highest BCUT2D eigenvalue weighted by atomic mass is 19.4. The monoisotopic (exact) mass is 223 g/mol. The van der Waals surface area contributed by atoms with Crippen molar-refractivity contribution in [1.29, 1.82) is 0 Å². The lowest BCUT2D eigenvalue weighted by Gasteiger charge is -2.18. The second kappa shape index (κ2) is 4.85. The van der Waals surface area contributed by atoms with Gasteiger partial charge in [0.05, 0.1) is 6.54 Å². The van der Waals surface area contributed by atoms with Crippen LogP contribution in [0.5, 0.6) is 0 Å². The molecule has 0 aliphatic carbocycles. The molecule has 1 atom stereocenters. The van der Waals surface area contributed by atoms with Gasteiger partial charge in [-0.05, 0) is 0 Å². The molecule has 14 heavy (non-hydrogen) atoms. The maximum Gasteiger partial charge on any atom is 0.415 e. The van der Waals surface area contributed by atoms with E-state index in [9.17, 15) is 22.0 Å². The van der Waals surface area contributed by atoms with Crippen LogP contribution in [0.2, 0.25) is 0 Å². The minimum absolute atomic E-state index is 1.03. The number of nitrogens with one attached hydrogen (secondary N) is 1. The number of hydrogen-bond acceptors (Lipinski definition) is 3. The first-order valence-electron chi connectivity index (χ1n) is 3.63. The average molecular weight is 223 g/mol. The van der Waals surface area contributed by atoms with Crippen LogP contribution in [0, 0.1) is 0 Å². The van der Waals surface area contributed by atoms with E-state index in [2.05, 4.69) is 0 Å². The molecule has 3 N–H and O–H groups in total. The minimum Gasteiger partial charge on any atom is -0.390 e. The smallest absolute Gasteiger partial charge is 0.390 e. The van der Waals surface area contributed by atoms with Crippen molar-refractivity contribution in [3.8, 4) is 0 Å². The van der Waals surface area contributed by atoms with E-state index in [0.29, 0.717) is 0 Å². The fourth-order valence-electron chi connectivity index (χ4n) is 0.563. The van der Waals surface area contributed by atoms with Crippen LogP contribution < -0.4 is 5.32 Å². The van der Waals surface area contributed by atoms with E-state index in [4.69, 9.17) is 10.2 Å². The van der Waals surface area contributed by atoms with Crippen LogP contribution in [0.4, 0.5) is 22.0 Å². The van der Waals surface area contributed by atoms with Crippen molar-refractivity contribution in [3.05, 3.63) is 0 Å². The van der Waals surface area contributed by atoms with Gasteiger partial charge in [-0.1, -0.05) is 0 Å². The summed E-state index contributed by atoms with van der Waals surface area (Å²) in [7, 11) is 0. The van der Waals surface area contributed by atoms with Gasteiger partial charge in [0, 0.05) is 6.54 Å². The quantitative estimate of drug-likeness (QED) is 0.580. The highest BCUT2D eigenvalue weighted by Gasteiger charge is 2.38. The maximum absolute atomic E-state index is 12.2. The van der Waals surface area contributed by atoms with Gasteiger partial charge < -0.3 is 15.5 Å². The van der Waals surface area contributed by atoms with Gasteiger partial charge in [-0.3, -0.25) is 0 Å². The predicted octanol–water partition coefficient (Wildman–Crippen LogP) is 0.127. The van der Waals surface area contributed by atoms with Gasteiger partial charge in [-0.25, -0.2) is 8.78 Å². The molecule has 0 radical (unpaired) electrons. The Morgan fingerprint density at radius 1 is 1.14 bits per heavy atom. The summed E-state index contributed by atoms with van der Waals surface area (Å²) in [5.41, 5.74) is 0. The molecule has 0 aliphatic heterocycles. The van der Waals surface area contributed by atoms with Crippen molar-refractivity contribution in [2.45, 2.75) is 18.2 Å². The zero-order chi connectivity index (χ0) is 11.4. The molecule has 0 spiro atoms. The lowest BCUT2D eigenvalue weighted by Crippen LogP contribution is -2.43. The third kappa shape index (κ3) is 5.30. The molecule has 0 fully saturated rings. The summed E-state index contributed by atoms with van der Waals surface area (Å²) in [5, 5.41) is 18.1. The normalized spacial score (nSPS) is 15.6. The van der Waals surface area contributed by atoms with E-state index in [1.54, 1.807) is 5.32 Å². The molecule has 0 aromatic rings. The van der Waals surface area contributed by atoms with Crippen LogP contribution in [-0.2, 0) is 0 Å². The number of alkyl halides is 5. The lowest BCUT2D eigenvalue weighted by molar-refractivity contribution is -0.202. The molecule has 1 unspecified atom stereocenters. The summed E-state index contributed by atoms with van der Waals surface area (Å²) in [6.07, 6.45) is -7.52. The van der Waals surface area contributed by atoms with Crippen molar-refractivity contribution in [2.24, 2.45) is 0 Å². The van der Waals surface area contributed by atoms with Crippen molar-refractivity contribution in [1.82, 2.24) is 5.32 Å². The molecule has 86 valence electrons. The summed E-state index contributed by atoms with van der Waals surface area (Å²) >= 11 is 0. The van der Waals surface area contributed by atoms with Gasteiger partial charge in [-0.15, -0.1) is 0 Å². The molecule has 0 rings (SSSR count). The number of rotatable bonds is 5. The predicted molar refractivity (Wildman–Crippen MR) is 37.0 cm³/mol. The Bertz CT molecular complexity index is 172. The molecule has 0 aromatic heterocycles. The summed E-state index contributed by atoms with van der Waals surface area (Å²) < 4.78 is 59.3. The SMILES string of the molecule is OCC(F)(F)CNCC(O)C(F)(F)F. The molecule has 0 amide bonds. The van der Waals surface area contributed by atoms with E-state index < -0.39 is 37.9 Å². The fourth-order valence-corrected chi connectivity index (χ4v) is 0.563. The van der Waals surface area contributed by atoms with Gasteiger partial charge in [0.25, 0.3) is 5.92 Å².